The lowest BCUT2D eigenvalue weighted by Crippen LogP contribution is -2.37. The van der Waals surface area contributed by atoms with Crippen LogP contribution < -0.4 is 0 Å². The maximum atomic E-state index is 12.0. The molecule has 0 heterocycles. The van der Waals surface area contributed by atoms with Crippen LogP contribution in [0.15, 0.2) is 0 Å². The molecule has 0 unspecified atom stereocenters. The summed E-state index contributed by atoms with van der Waals surface area (Å²) in [5.74, 6) is -0.372. The average Bonchev–Trinajstić information content (AvgIpc) is 2.71. The number of esters is 1. The molecule has 30 heavy (non-hydrogen) atoms. The maximum absolute atomic E-state index is 12.0. The summed E-state index contributed by atoms with van der Waals surface area (Å²) in [7, 11) is 3.72. The summed E-state index contributed by atoms with van der Waals surface area (Å²) in [6.07, 6.45) is 12.9. The zero-order chi connectivity index (χ0) is 22.5. The van der Waals surface area contributed by atoms with Crippen molar-refractivity contribution in [3.8, 4) is 0 Å². The molecular formula is C22H42N2O6. The van der Waals surface area contributed by atoms with E-state index in [4.69, 9.17) is 9.47 Å². The lowest BCUT2D eigenvalue weighted by molar-refractivity contribution is -0.151. The fourth-order valence-corrected chi connectivity index (χ4v) is 2.83. The SMILES string of the molecule is CCCCCCCCCCCCCC(=O)OCN(COC=O)C(=O)OCCN(C)C. The molecule has 0 bridgehead atoms. The molecule has 0 rings (SSSR count). The molecule has 0 atom stereocenters. The maximum Gasteiger partial charge on any atom is 0.415 e. The molecule has 0 aromatic rings. The highest BCUT2D eigenvalue weighted by Gasteiger charge is 2.17. The average molecular weight is 431 g/mol. The van der Waals surface area contributed by atoms with Crippen molar-refractivity contribution in [2.45, 2.75) is 84.0 Å². The normalized spacial score (nSPS) is 10.7. The highest BCUT2D eigenvalue weighted by molar-refractivity contribution is 5.70. The first-order valence-corrected chi connectivity index (χ1v) is 11.3. The molecule has 0 fully saturated rings. The zero-order valence-corrected chi connectivity index (χ0v) is 19.2. The predicted molar refractivity (Wildman–Crippen MR) is 116 cm³/mol. The monoisotopic (exact) mass is 430 g/mol. The Bertz CT molecular complexity index is 445. The van der Waals surface area contributed by atoms with E-state index in [9.17, 15) is 14.4 Å². The van der Waals surface area contributed by atoms with Gasteiger partial charge >= 0.3 is 12.1 Å². The van der Waals surface area contributed by atoms with Crippen LogP contribution in [0.4, 0.5) is 4.79 Å². The fourth-order valence-electron chi connectivity index (χ4n) is 2.83. The first-order valence-electron chi connectivity index (χ1n) is 11.3. The van der Waals surface area contributed by atoms with Crippen molar-refractivity contribution in [2.24, 2.45) is 0 Å². The van der Waals surface area contributed by atoms with Gasteiger partial charge in [0.15, 0.2) is 13.5 Å². The molecule has 0 saturated heterocycles. The van der Waals surface area contributed by atoms with Gasteiger partial charge in [0.05, 0.1) is 0 Å². The van der Waals surface area contributed by atoms with Crippen LogP contribution in [0.2, 0.25) is 0 Å². The van der Waals surface area contributed by atoms with Crippen LogP contribution in [0, 0.1) is 0 Å². The fraction of sp³-hybridized carbons (Fsp3) is 0.864. The van der Waals surface area contributed by atoms with Crippen LogP contribution in [0.5, 0.6) is 0 Å². The van der Waals surface area contributed by atoms with Crippen molar-refractivity contribution in [1.82, 2.24) is 9.80 Å². The van der Waals surface area contributed by atoms with E-state index in [0.717, 1.165) is 24.2 Å². The minimum absolute atomic E-state index is 0.191. The number of carbonyl (C=O) groups is 3. The van der Waals surface area contributed by atoms with Gasteiger partial charge in [-0.05, 0) is 20.5 Å². The first-order chi connectivity index (χ1) is 14.5. The summed E-state index contributed by atoms with van der Waals surface area (Å²) in [5.41, 5.74) is 0. The first kappa shape index (κ1) is 28.2. The molecule has 8 heteroatoms. The largest absolute Gasteiger partial charge is 0.448 e. The number of likely N-dealkylation sites (N-methyl/N-ethyl adjacent to an activating group) is 1. The highest BCUT2D eigenvalue weighted by atomic mass is 16.6. The van der Waals surface area contributed by atoms with E-state index in [1.807, 2.05) is 19.0 Å². The van der Waals surface area contributed by atoms with E-state index in [0.29, 0.717) is 13.0 Å². The third-order valence-electron chi connectivity index (χ3n) is 4.69. The summed E-state index contributed by atoms with van der Waals surface area (Å²) in [5, 5.41) is 0. The van der Waals surface area contributed by atoms with Gasteiger partial charge in [-0.15, -0.1) is 0 Å². The van der Waals surface area contributed by atoms with E-state index in [2.05, 4.69) is 11.7 Å². The molecule has 0 aliphatic carbocycles. The van der Waals surface area contributed by atoms with Crippen molar-refractivity contribution in [1.29, 1.82) is 0 Å². The zero-order valence-electron chi connectivity index (χ0n) is 19.2. The lowest BCUT2D eigenvalue weighted by Gasteiger charge is -2.21. The van der Waals surface area contributed by atoms with Crippen LogP contribution in [-0.4, -0.2) is 69.0 Å². The van der Waals surface area contributed by atoms with Crippen molar-refractivity contribution < 1.29 is 28.6 Å². The second-order valence-electron chi connectivity index (χ2n) is 7.78. The molecule has 8 nitrogen and oxygen atoms in total. The number of ether oxygens (including phenoxy) is 3. The smallest absolute Gasteiger partial charge is 0.415 e. The third kappa shape index (κ3) is 18.2. The number of nitrogens with zero attached hydrogens (tertiary/aromatic N) is 2. The van der Waals surface area contributed by atoms with Gasteiger partial charge in [-0.2, -0.15) is 0 Å². The molecular weight excluding hydrogens is 388 g/mol. The number of unbranched alkanes of at least 4 members (excludes halogenated alkanes) is 10. The van der Waals surface area contributed by atoms with Gasteiger partial charge < -0.3 is 19.1 Å². The third-order valence-corrected chi connectivity index (χ3v) is 4.69. The number of hydrogen-bond donors (Lipinski definition) is 0. The molecule has 0 saturated carbocycles. The Morgan fingerprint density at radius 3 is 1.90 bits per heavy atom. The van der Waals surface area contributed by atoms with Crippen molar-refractivity contribution in [2.75, 3.05) is 40.7 Å². The molecule has 0 aromatic carbocycles. The number of rotatable bonds is 20. The van der Waals surface area contributed by atoms with Gasteiger partial charge in [-0.25, -0.2) is 9.69 Å². The Balaban J connectivity index is 3.82. The van der Waals surface area contributed by atoms with Crippen LogP contribution >= 0.6 is 0 Å². The Morgan fingerprint density at radius 2 is 1.37 bits per heavy atom. The van der Waals surface area contributed by atoms with Gasteiger partial charge in [0, 0.05) is 13.0 Å². The van der Waals surface area contributed by atoms with E-state index in [-0.39, 0.29) is 32.5 Å². The van der Waals surface area contributed by atoms with Crippen molar-refractivity contribution in [3.05, 3.63) is 0 Å². The van der Waals surface area contributed by atoms with Crippen molar-refractivity contribution in [3.63, 3.8) is 0 Å². The topological polar surface area (TPSA) is 85.4 Å². The lowest BCUT2D eigenvalue weighted by atomic mass is 10.1. The van der Waals surface area contributed by atoms with E-state index in [1.54, 1.807) is 0 Å². The summed E-state index contributed by atoms with van der Waals surface area (Å²) in [6, 6.07) is 0. The minimum Gasteiger partial charge on any atom is -0.448 e. The predicted octanol–water partition coefficient (Wildman–Crippen LogP) is 4.32. The van der Waals surface area contributed by atoms with Gasteiger partial charge in [-0.1, -0.05) is 71.1 Å². The summed E-state index contributed by atoms with van der Waals surface area (Å²) >= 11 is 0. The summed E-state index contributed by atoms with van der Waals surface area (Å²) < 4.78 is 14.8. The van der Waals surface area contributed by atoms with Crippen LogP contribution in [0.25, 0.3) is 0 Å². The van der Waals surface area contributed by atoms with Crippen LogP contribution in [0.1, 0.15) is 84.0 Å². The molecule has 176 valence electrons. The molecule has 0 aliphatic heterocycles. The van der Waals surface area contributed by atoms with E-state index in [1.165, 1.54) is 51.4 Å². The standard InChI is InChI=1S/C22H42N2O6/c1-4-5-6-7-8-9-10-11-12-13-14-15-21(26)30-19-24(18-28-20-25)22(27)29-17-16-23(2)3/h20H,4-19H2,1-3H3. The summed E-state index contributed by atoms with van der Waals surface area (Å²) in [4.78, 5) is 37.2. The van der Waals surface area contributed by atoms with Gasteiger partial charge in [-0.3, -0.25) is 9.59 Å². The Morgan fingerprint density at radius 1 is 0.800 bits per heavy atom. The quantitative estimate of drug-likeness (QED) is 0.0935. The van der Waals surface area contributed by atoms with Crippen LogP contribution in [-0.2, 0) is 23.8 Å². The molecule has 0 aromatic heterocycles. The van der Waals surface area contributed by atoms with E-state index >= 15 is 0 Å². The molecule has 0 radical (unpaired) electrons. The molecule has 0 spiro atoms. The number of carbonyl (C=O) groups excluding carboxylic acids is 3. The highest BCUT2D eigenvalue weighted by Crippen LogP contribution is 2.12. The Hall–Kier alpha value is -1.83. The Kier molecular flexibility index (Phi) is 19.2. The molecule has 1 amide bonds. The Labute approximate surface area is 182 Å². The number of amides is 1. The minimum atomic E-state index is -0.693. The van der Waals surface area contributed by atoms with Crippen LogP contribution in [0.3, 0.4) is 0 Å². The van der Waals surface area contributed by atoms with E-state index < -0.39 is 6.09 Å². The summed E-state index contributed by atoms with van der Waals surface area (Å²) in [6.45, 7) is 2.59. The van der Waals surface area contributed by atoms with Crippen molar-refractivity contribution >= 4 is 18.5 Å². The van der Waals surface area contributed by atoms with Gasteiger partial charge in [0.2, 0.25) is 0 Å². The van der Waals surface area contributed by atoms with Gasteiger partial charge in [0.1, 0.15) is 6.61 Å². The second-order valence-corrected chi connectivity index (χ2v) is 7.78. The molecule has 0 aliphatic rings. The number of hydrogen-bond acceptors (Lipinski definition) is 7. The second kappa shape index (κ2) is 20.4. The molecule has 0 N–H and O–H groups in total. The van der Waals surface area contributed by atoms with Gasteiger partial charge in [0.25, 0.3) is 6.47 Å².